The van der Waals surface area contributed by atoms with Gasteiger partial charge in [0, 0.05) is 13.0 Å². The fourth-order valence-electron chi connectivity index (χ4n) is 2.43. The number of carbonyl (C=O) groups excluding carboxylic acids is 1. The summed E-state index contributed by atoms with van der Waals surface area (Å²) in [5, 5.41) is 4.28. The third-order valence-corrected chi connectivity index (χ3v) is 4.14. The van der Waals surface area contributed by atoms with Crippen molar-refractivity contribution in [3.63, 3.8) is 0 Å². The topological polar surface area (TPSA) is 20.3 Å². The number of nitrogens with zero attached hydrogens (tertiary/aromatic N) is 1. The van der Waals surface area contributed by atoms with Gasteiger partial charge in [0.25, 0.3) is 0 Å². The molecule has 1 fully saturated rings. The molecule has 94 valence electrons. The van der Waals surface area contributed by atoms with Crippen LogP contribution in [0.5, 0.6) is 0 Å². The lowest BCUT2D eigenvalue weighted by atomic mass is 10.1. The van der Waals surface area contributed by atoms with Crippen molar-refractivity contribution in [2.24, 2.45) is 5.92 Å². The van der Waals surface area contributed by atoms with Gasteiger partial charge in [-0.2, -0.15) is 11.3 Å². The Morgan fingerprint density at radius 1 is 1.59 bits per heavy atom. The van der Waals surface area contributed by atoms with Gasteiger partial charge in [-0.3, -0.25) is 4.79 Å². The summed E-state index contributed by atoms with van der Waals surface area (Å²) < 4.78 is 0. The summed E-state index contributed by atoms with van der Waals surface area (Å²) in [5.41, 5.74) is 1.32. The number of likely N-dealkylation sites (tertiary alicyclic amines) is 1. The van der Waals surface area contributed by atoms with E-state index in [9.17, 15) is 4.79 Å². The molecule has 1 aliphatic rings. The van der Waals surface area contributed by atoms with Gasteiger partial charge in [-0.15, -0.1) is 0 Å². The Labute approximate surface area is 108 Å². The van der Waals surface area contributed by atoms with Crippen LogP contribution in [0.25, 0.3) is 0 Å². The maximum atomic E-state index is 12.2. The molecule has 1 aromatic rings. The van der Waals surface area contributed by atoms with Crippen LogP contribution in [0.15, 0.2) is 16.8 Å². The Morgan fingerprint density at radius 2 is 2.41 bits per heavy atom. The first-order valence-corrected chi connectivity index (χ1v) is 7.44. The van der Waals surface area contributed by atoms with Crippen molar-refractivity contribution in [3.8, 4) is 0 Å². The van der Waals surface area contributed by atoms with E-state index in [1.54, 1.807) is 11.3 Å². The fourth-order valence-corrected chi connectivity index (χ4v) is 3.14. The molecule has 0 radical (unpaired) electrons. The lowest BCUT2D eigenvalue weighted by Gasteiger charge is -2.24. The van der Waals surface area contributed by atoms with Crippen molar-refractivity contribution in [1.29, 1.82) is 0 Å². The van der Waals surface area contributed by atoms with Crippen LogP contribution < -0.4 is 0 Å². The molecule has 17 heavy (non-hydrogen) atoms. The summed E-state index contributed by atoms with van der Waals surface area (Å²) in [4.78, 5) is 14.3. The van der Waals surface area contributed by atoms with Crippen LogP contribution in [0.4, 0.5) is 0 Å². The highest BCUT2D eigenvalue weighted by Crippen LogP contribution is 2.33. The number of hydrogen-bond donors (Lipinski definition) is 0. The number of carbonyl (C=O) groups is 1. The molecule has 3 heteroatoms. The SMILES string of the molecule is CC(C)CCC(=O)N1CCC[C@@H]1c1ccsc1. The van der Waals surface area contributed by atoms with E-state index in [2.05, 4.69) is 35.6 Å². The molecule has 0 bridgehead atoms. The molecular weight excluding hydrogens is 230 g/mol. The van der Waals surface area contributed by atoms with Crippen molar-refractivity contribution in [3.05, 3.63) is 22.4 Å². The van der Waals surface area contributed by atoms with Gasteiger partial charge < -0.3 is 4.90 Å². The molecule has 0 aliphatic carbocycles. The summed E-state index contributed by atoms with van der Waals surface area (Å²) in [7, 11) is 0. The third kappa shape index (κ3) is 3.09. The maximum absolute atomic E-state index is 12.2. The van der Waals surface area contributed by atoms with E-state index in [4.69, 9.17) is 0 Å². The molecule has 1 amide bonds. The number of hydrogen-bond acceptors (Lipinski definition) is 2. The lowest BCUT2D eigenvalue weighted by Crippen LogP contribution is -2.30. The summed E-state index contributed by atoms with van der Waals surface area (Å²) in [5.74, 6) is 0.952. The molecule has 0 N–H and O–H groups in total. The van der Waals surface area contributed by atoms with Gasteiger partial charge in [0.2, 0.25) is 5.91 Å². The van der Waals surface area contributed by atoms with Crippen LogP contribution in [-0.2, 0) is 4.79 Å². The smallest absolute Gasteiger partial charge is 0.223 e. The van der Waals surface area contributed by atoms with Crippen LogP contribution >= 0.6 is 11.3 Å². The lowest BCUT2D eigenvalue weighted by molar-refractivity contribution is -0.132. The minimum absolute atomic E-state index is 0.340. The number of thiophene rings is 1. The summed E-state index contributed by atoms with van der Waals surface area (Å²) in [6.07, 6.45) is 3.99. The van der Waals surface area contributed by atoms with E-state index in [-0.39, 0.29) is 0 Å². The van der Waals surface area contributed by atoms with E-state index in [0.717, 1.165) is 25.8 Å². The molecule has 0 spiro atoms. The fraction of sp³-hybridized carbons (Fsp3) is 0.643. The van der Waals surface area contributed by atoms with Gasteiger partial charge in [0.15, 0.2) is 0 Å². The van der Waals surface area contributed by atoms with Gasteiger partial charge >= 0.3 is 0 Å². The maximum Gasteiger partial charge on any atom is 0.223 e. The summed E-state index contributed by atoms with van der Waals surface area (Å²) in [6, 6.07) is 2.50. The highest BCUT2D eigenvalue weighted by molar-refractivity contribution is 7.07. The third-order valence-electron chi connectivity index (χ3n) is 3.44. The molecule has 1 saturated heterocycles. The zero-order chi connectivity index (χ0) is 12.3. The molecule has 1 atom stereocenters. The first-order chi connectivity index (χ1) is 8.18. The molecule has 0 aromatic carbocycles. The zero-order valence-corrected chi connectivity index (χ0v) is 11.5. The van der Waals surface area contributed by atoms with Crippen molar-refractivity contribution in [1.82, 2.24) is 4.90 Å². The Kier molecular flexibility index (Phi) is 4.21. The molecule has 0 unspecified atom stereocenters. The minimum Gasteiger partial charge on any atom is -0.336 e. The van der Waals surface area contributed by atoms with E-state index >= 15 is 0 Å². The van der Waals surface area contributed by atoms with Crippen molar-refractivity contribution >= 4 is 17.2 Å². The second-order valence-electron chi connectivity index (χ2n) is 5.23. The van der Waals surface area contributed by atoms with Crippen LogP contribution in [0.1, 0.15) is 51.1 Å². The zero-order valence-electron chi connectivity index (χ0n) is 10.7. The highest BCUT2D eigenvalue weighted by Gasteiger charge is 2.29. The average molecular weight is 251 g/mol. The quantitative estimate of drug-likeness (QED) is 0.796. The van der Waals surface area contributed by atoms with E-state index in [1.165, 1.54) is 5.56 Å². The molecule has 0 saturated carbocycles. The van der Waals surface area contributed by atoms with E-state index in [0.29, 0.717) is 24.3 Å². The Bertz CT molecular complexity index is 358. The number of rotatable bonds is 4. The predicted molar refractivity (Wildman–Crippen MR) is 72.1 cm³/mol. The Hall–Kier alpha value is -0.830. The highest BCUT2D eigenvalue weighted by atomic mass is 32.1. The largest absolute Gasteiger partial charge is 0.336 e. The molecule has 1 aliphatic heterocycles. The van der Waals surface area contributed by atoms with E-state index < -0.39 is 0 Å². The number of amides is 1. The van der Waals surface area contributed by atoms with Crippen LogP contribution in [0, 0.1) is 5.92 Å². The monoisotopic (exact) mass is 251 g/mol. The van der Waals surface area contributed by atoms with Gasteiger partial charge in [0.05, 0.1) is 6.04 Å². The molecule has 1 aromatic heterocycles. The second kappa shape index (κ2) is 5.67. The van der Waals surface area contributed by atoms with E-state index in [1.807, 2.05) is 0 Å². The average Bonchev–Trinajstić information content (AvgIpc) is 2.94. The second-order valence-corrected chi connectivity index (χ2v) is 6.01. The van der Waals surface area contributed by atoms with Gasteiger partial charge in [-0.25, -0.2) is 0 Å². The summed E-state index contributed by atoms with van der Waals surface area (Å²) in [6.45, 7) is 5.29. The Morgan fingerprint density at radius 3 is 3.06 bits per heavy atom. The minimum atomic E-state index is 0.340. The normalized spacial score (nSPS) is 20.2. The Balaban J connectivity index is 1.97. The van der Waals surface area contributed by atoms with Crippen molar-refractivity contribution < 1.29 is 4.79 Å². The standard InChI is InChI=1S/C14H21NOS/c1-11(2)5-6-14(16)15-8-3-4-13(15)12-7-9-17-10-12/h7,9-11,13H,3-6,8H2,1-2H3/t13-/m1/s1. The van der Waals surface area contributed by atoms with Crippen LogP contribution in [0.2, 0.25) is 0 Å². The van der Waals surface area contributed by atoms with Crippen LogP contribution in [0.3, 0.4) is 0 Å². The molecular formula is C14H21NOS. The molecule has 2 nitrogen and oxygen atoms in total. The first-order valence-electron chi connectivity index (χ1n) is 6.50. The van der Waals surface area contributed by atoms with Gasteiger partial charge in [-0.1, -0.05) is 13.8 Å². The van der Waals surface area contributed by atoms with Gasteiger partial charge in [0.1, 0.15) is 0 Å². The first kappa shape index (κ1) is 12.6. The van der Waals surface area contributed by atoms with Crippen LogP contribution in [-0.4, -0.2) is 17.4 Å². The van der Waals surface area contributed by atoms with Crippen molar-refractivity contribution in [2.45, 2.75) is 45.6 Å². The van der Waals surface area contributed by atoms with Gasteiger partial charge in [-0.05, 0) is 47.6 Å². The predicted octanol–water partition coefficient (Wildman–Crippen LogP) is 3.85. The van der Waals surface area contributed by atoms with Crippen molar-refractivity contribution in [2.75, 3.05) is 6.54 Å². The molecule has 2 rings (SSSR count). The molecule has 2 heterocycles. The summed E-state index contributed by atoms with van der Waals surface area (Å²) >= 11 is 1.72.